The van der Waals surface area contributed by atoms with Crippen LogP contribution in [0.3, 0.4) is 0 Å². The Morgan fingerprint density at radius 1 is 0.966 bits per heavy atom. The van der Waals surface area contributed by atoms with Crippen LogP contribution in [0.5, 0.6) is 0 Å². The van der Waals surface area contributed by atoms with Gasteiger partial charge in [0.15, 0.2) is 0 Å². The maximum atomic E-state index is 12.2. The lowest BCUT2D eigenvalue weighted by Crippen LogP contribution is -2.30. The number of nitro groups is 2. The number of benzene rings is 1. The van der Waals surface area contributed by atoms with E-state index in [2.05, 4.69) is 31.1 Å². The molecule has 0 bridgehead atoms. The molecule has 1 amide bonds. The van der Waals surface area contributed by atoms with Crippen LogP contribution in [-0.4, -0.2) is 30.7 Å². The lowest BCUT2D eigenvalue weighted by atomic mass is 10.2. The van der Waals surface area contributed by atoms with Crippen LogP contribution in [0, 0.1) is 20.2 Å². The number of aromatic nitrogens is 3. The number of amides is 1. The van der Waals surface area contributed by atoms with E-state index in [0.717, 1.165) is 12.4 Å². The average Bonchev–Trinajstić information content (AvgIpc) is 2.72. The second-order valence-corrected chi connectivity index (χ2v) is 5.42. The number of nitrogens with zero attached hydrogens (tertiary/aromatic N) is 5. The van der Waals surface area contributed by atoms with E-state index in [0.29, 0.717) is 5.69 Å². The molecule has 0 aliphatic carbocycles. The molecule has 0 saturated carbocycles. The SMILES string of the molecule is O=C(NNc1ncnc(Nc2ccncc2)c1[N+](=O)[O-])c1cccc([N+](=O)[O-])c1. The molecule has 0 radical (unpaired) electrons. The number of nitro benzene ring substituents is 1. The standard InChI is InChI=1S/C16H12N8O5/c25-16(10-2-1-3-12(8-10)23(26)27)22-21-15-13(24(28)29)14(18-9-19-15)20-11-4-6-17-7-5-11/h1-9H,(H,22,25)(H2,17,18,19,20,21). The number of hydrogen-bond donors (Lipinski definition) is 3. The Bertz CT molecular complexity index is 1080. The van der Waals surface area contributed by atoms with E-state index in [1.165, 1.54) is 30.6 Å². The molecule has 146 valence electrons. The van der Waals surface area contributed by atoms with Crippen molar-refractivity contribution >= 4 is 34.6 Å². The Balaban J connectivity index is 1.81. The fourth-order valence-corrected chi connectivity index (χ4v) is 2.26. The summed E-state index contributed by atoms with van der Waals surface area (Å²) in [7, 11) is 0. The average molecular weight is 396 g/mol. The van der Waals surface area contributed by atoms with Gasteiger partial charge >= 0.3 is 5.69 Å². The second kappa shape index (κ2) is 8.34. The minimum Gasteiger partial charge on any atom is -0.334 e. The quantitative estimate of drug-likeness (QED) is 0.396. The van der Waals surface area contributed by atoms with E-state index in [9.17, 15) is 25.0 Å². The summed E-state index contributed by atoms with van der Waals surface area (Å²) < 4.78 is 0. The van der Waals surface area contributed by atoms with Crippen LogP contribution >= 0.6 is 0 Å². The first-order chi connectivity index (χ1) is 14.0. The van der Waals surface area contributed by atoms with E-state index >= 15 is 0 Å². The first-order valence-electron chi connectivity index (χ1n) is 7.93. The van der Waals surface area contributed by atoms with Crippen molar-refractivity contribution < 1.29 is 14.6 Å². The molecule has 0 unspecified atom stereocenters. The largest absolute Gasteiger partial charge is 0.355 e. The van der Waals surface area contributed by atoms with Crippen molar-refractivity contribution in [2.75, 3.05) is 10.7 Å². The molecule has 0 saturated heterocycles. The number of pyridine rings is 1. The van der Waals surface area contributed by atoms with Gasteiger partial charge in [0, 0.05) is 35.8 Å². The lowest BCUT2D eigenvalue weighted by molar-refractivity contribution is -0.384. The number of hydrogen-bond acceptors (Lipinski definition) is 10. The zero-order valence-electron chi connectivity index (χ0n) is 14.5. The van der Waals surface area contributed by atoms with Gasteiger partial charge in [0.05, 0.1) is 9.85 Å². The topological polar surface area (TPSA) is 178 Å². The minimum absolute atomic E-state index is 0.0152. The van der Waals surface area contributed by atoms with Gasteiger partial charge in [0.1, 0.15) is 6.33 Å². The summed E-state index contributed by atoms with van der Waals surface area (Å²) in [5, 5.41) is 25.1. The van der Waals surface area contributed by atoms with E-state index < -0.39 is 21.4 Å². The van der Waals surface area contributed by atoms with Crippen molar-refractivity contribution in [3.05, 3.63) is 80.9 Å². The van der Waals surface area contributed by atoms with Gasteiger partial charge in [-0.25, -0.2) is 9.97 Å². The summed E-state index contributed by atoms with van der Waals surface area (Å²) in [5.41, 5.74) is 4.29. The lowest BCUT2D eigenvalue weighted by Gasteiger charge is -2.10. The highest BCUT2D eigenvalue weighted by Crippen LogP contribution is 2.30. The fourth-order valence-electron chi connectivity index (χ4n) is 2.26. The molecule has 13 heteroatoms. The van der Waals surface area contributed by atoms with E-state index in [1.54, 1.807) is 12.1 Å². The molecular weight excluding hydrogens is 384 g/mol. The molecule has 1 aromatic carbocycles. The fraction of sp³-hybridized carbons (Fsp3) is 0. The second-order valence-electron chi connectivity index (χ2n) is 5.42. The van der Waals surface area contributed by atoms with Crippen LogP contribution in [0.1, 0.15) is 10.4 Å². The molecule has 2 heterocycles. The van der Waals surface area contributed by atoms with Crippen molar-refractivity contribution in [2.45, 2.75) is 0 Å². The zero-order chi connectivity index (χ0) is 20.8. The smallest absolute Gasteiger partial charge is 0.334 e. The van der Waals surface area contributed by atoms with Crippen molar-refractivity contribution in [3.8, 4) is 0 Å². The highest BCUT2D eigenvalue weighted by molar-refractivity contribution is 5.95. The van der Waals surface area contributed by atoms with Crippen LogP contribution in [0.2, 0.25) is 0 Å². The van der Waals surface area contributed by atoms with Gasteiger partial charge in [-0.1, -0.05) is 6.07 Å². The first-order valence-corrected chi connectivity index (χ1v) is 7.93. The van der Waals surface area contributed by atoms with Crippen LogP contribution < -0.4 is 16.2 Å². The van der Waals surface area contributed by atoms with Gasteiger partial charge < -0.3 is 5.32 Å². The van der Waals surface area contributed by atoms with Crippen LogP contribution in [0.25, 0.3) is 0 Å². The number of hydrazine groups is 1. The third-order valence-electron chi connectivity index (χ3n) is 3.56. The van der Waals surface area contributed by atoms with Gasteiger partial charge in [-0.2, -0.15) is 0 Å². The monoisotopic (exact) mass is 396 g/mol. The molecule has 0 fully saturated rings. The van der Waals surface area contributed by atoms with Crippen molar-refractivity contribution in [1.29, 1.82) is 0 Å². The highest BCUT2D eigenvalue weighted by atomic mass is 16.6. The summed E-state index contributed by atoms with van der Waals surface area (Å²) in [4.78, 5) is 44.7. The zero-order valence-corrected chi connectivity index (χ0v) is 14.5. The van der Waals surface area contributed by atoms with Crippen LogP contribution in [0.4, 0.5) is 28.7 Å². The molecule has 0 aliphatic rings. The van der Waals surface area contributed by atoms with E-state index in [1.807, 2.05) is 0 Å². The highest BCUT2D eigenvalue weighted by Gasteiger charge is 2.24. The summed E-state index contributed by atoms with van der Waals surface area (Å²) in [6, 6.07) is 8.18. The number of carbonyl (C=O) groups is 1. The third kappa shape index (κ3) is 4.54. The number of anilines is 3. The predicted molar refractivity (Wildman–Crippen MR) is 100 cm³/mol. The van der Waals surface area contributed by atoms with Crippen LogP contribution in [0.15, 0.2) is 55.1 Å². The van der Waals surface area contributed by atoms with E-state index in [4.69, 9.17) is 0 Å². The normalized spacial score (nSPS) is 10.1. The Hall–Kier alpha value is -4.68. The number of carbonyl (C=O) groups excluding carboxylic acids is 1. The molecule has 3 rings (SSSR count). The maximum absolute atomic E-state index is 12.2. The summed E-state index contributed by atoms with van der Waals surface area (Å²) in [6.07, 6.45) is 4.06. The number of non-ortho nitro benzene ring substituents is 1. The Labute approximate surface area is 162 Å². The molecule has 0 spiro atoms. The Kier molecular flexibility index (Phi) is 5.49. The third-order valence-corrected chi connectivity index (χ3v) is 3.56. The Morgan fingerprint density at radius 3 is 2.38 bits per heavy atom. The maximum Gasteiger partial charge on any atom is 0.355 e. The van der Waals surface area contributed by atoms with Crippen molar-refractivity contribution in [2.24, 2.45) is 0 Å². The predicted octanol–water partition coefficient (Wildman–Crippen LogP) is 2.19. The van der Waals surface area contributed by atoms with Crippen molar-refractivity contribution in [3.63, 3.8) is 0 Å². The molecular formula is C16H12N8O5. The molecule has 0 atom stereocenters. The molecule has 0 aliphatic heterocycles. The summed E-state index contributed by atoms with van der Waals surface area (Å²) >= 11 is 0. The molecule has 29 heavy (non-hydrogen) atoms. The number of nitrogens with one attached hydrogen (secondary N) is 3. The van der Waals surface area contributed by atoms with Crippen LogP contribution in [-0.2, 0) is 0 Å². The van der Waals surface area contributed by atoms with Gasteiger partial charge in [0.25, 0.3) is 11.6 Å². The van der Waals surface area contributed by atoms with Gasteiger partial charge in [-0.3, -0.25) is 40.9 Å². The van der Waals surface area contributed by atoms with Crippen molar-refractivity contribution in [1.82, 2.24) is 20.4 Å². The minimum atomic E-state index is -0.745. The molecule has 2 aromatic heterocycles. The molecule has 3 N–H and O–H groups in total. The Morgan fingerprint density at radius 2 is 1.69 bits per heavy atom. The first kappa shape index (κ1) is 19.1. The van der Waals surface area contributed by atoms with Gasteiger partial charge in [-0.05, 0) is 18.2 Å². The molecule has 13 nitrogen and oxygen atoms in total. The molecule has 3 aromatic rings. The summed E-state index contributed by atoms with van der Waals surface area (Å²) in [5.74, 6) is -1.13. The van der Waals surface area contributed by atoms with Gasteiger partial charge in [0.2, 0.25) is 11.6 Å². The van der Waals surface area contributed by atoms with E-state index in [-0.39, 0.29) is 22.9 Å². The summed E-state index contributed by atoms with van der Waals surface area (Å²) in [6.45, 7) is 0. The van der Waals surface area contributed by atoms with Gasteiger partial charge in [-0.15, -0.1) is 0 Å². The number of rotatable bonds is 7.